The molecular formula is C11H14N2S. The normalized spacial score (nSPS) is 10.7. The van der Waals surface area contributed by atoms with Gasteiger partial charge in [-0.15, -0.1) is 11.3 Å². The highest BCUT2D eigenvalue weighted by Crippen LogP contribution is 2.24. The van der Waals surface area contributed by atoms with Crippen LogP contribution in [0.1, 0.15) is 18.4 Å². The van der Waals surface area contributed by atoms with Gasteiger partial charge in [0.05, 0.1) is 15.2 Å². The van der Waals surface area contributed by atoms with E-state index in [-0.39, 0.29) is 0 Å². The van der Waals surface area contributed by atoms with E-state index in [0.717, 1.165) is 23.5 Å². The van der Waals surface area contributed by atoms with Gasteiger partial charge < -0.3 is 5.32 Å². The highest BCUT2D eigenvalue weighted by Gasteiger charge is 2.00. The molecule has 1 aromatic carbocycles. The fraction of sp³-hybridized carbons (Fsp3) is 0.364. The largest absolute Gasteiger partial charge is 0.385 e. The second-order valence-corrected chi connectivity index (χ2v) is 4.58. The van der Waals surface area contributed by atoms with Crippen molar-refractivity contribution in [2.75, 3.05) is 11.9 Å². The van der Waals surface area contributed by atoms with Crippen LogP contribution in [0, 0.1) is 6.92 Å². The van der Waals surface area contributed by atoms with Crippen LogP contribution in [-0.4, -0.2) is 11.5 Å². The summed E-state index contributed by atoms with van der Waals surface area (Å²) < 4.78 is 1.27. The Morgan fingerprint density at radius 3 is 3.07 bits per heavy atom. The van der Waals surface area contributed by atoms with Gasteiger partial charge in [0.1, 0.15) is 0 Å². The van der Waals surface area contributed by atoms with Gasteiger partial charge in [-0.25, -0.2) is 4.98 Å². The molecule has 2 rings (SSSR count). The van der Waals surface area contributed by atoms with E-state index in [4.69, 9.17) is 0 Å². The summed E-state index contributed by atoms with van der Waals surface area (Å²) in [5.74, 6) is 0. The van der Waals surface area contributed by atoms with Crippen LogP contribution in [0.4, 0.5) is 5.69 Å². The smallest absolute Gasteiger partial charge is 0.0907 e. The third-order valence-corrected chi connectivity index (χ3v) is 3.01. The highest BCUT2D eigenvalue weighted by molar-refractivity contribution is 7.18. The molecule has 1 aromatic heterocycles. The molecule has 0 saturated heterocycles. The summed E-state index contributed by atoms with van der Waals surface area (Å²) in [4.78, 5) is 4.43. The second kappa shape index (κ2) is 3.96. The number of nitrogens with one attached hydrogen (secondary N) is 1. The number of thiazole rings is 1. The first-order valence-corrected chi connectivity index (χ1v) is 5.72. The molecule has 0 aliphatic rings. The van der Waals surface area contributed by atoms with E-state index in [9.17, 15) is 0 Å². The first-order valence-electron chi connectivity index (χ1n) is 4.90. The molecule has 0 aliphatic heterocycles. The Morgan fingerprint density at radius 1 is 1.43 bits per heavy atom. The summed E-state index contributed by atoms with van der Waals surface area (Å²) in [6.45, 7) is 5.25. The van der Waals surface area contributed by atoms with E-state index in [0.29, 0.717) is 0 Å². The van der Waals surface area contributed by atoms with E-state index in [1.54, 1.807) is 11.3 Å². The van der Waals surface area contributed by atoms with Crippen LogP contribution in [0.5, 0.6) is 0 Å². The van der Waals surface area contributed by atoms with E-state index in [1.807, 2.05) is 6.92 Å². The quantitative estimate of drug-likeness (QED) is 0.832. The molecule has 0 bridgehead atoms. The number of aryl methyl sites for hydroxylation is 1. The van der Waals surface area contributed by atoms with Crippen LogP contribution in [0.3, 0.4) is 0 Å². The molecule has 1 heterocycles. The van der Waals surface area contributed by atoms with Crippen molar-refractivity contribution in [1.29, 1.82) is 0 Å². The number of fused-ring (bicyclic) bond motifs is 1. The van der Waals surface area contributed by atoms with Gasteiger partial charge >= 0.3 is 0 Å². The molecule has 0 amide bonds. The highest BCUT2D eigenvalue weighted by atomic mass is 32.1. The number of hydrogen-bond donors (Lipinski definition) is 1. The van der Waals surface area contributed by atoms with Gasteiger partial charge in [-0.3, -0.25) is 0 Å². The van der Waals surface area contributed by atoms with Gasteiger partial charge in [-0.2, -0.15) is 0 Å². The van der Waals surface area contributed by atoms with Gasteiger partial charge in [-0.1, -0.05) is 6.92 Å². The summed E-state index contributed by atoms with van der Waals surface area (Å²) in [5, 5.41) is 4.51. The minimum absolute atomic E-state index is 1.03. The lowest BCUT2D eigenvalue weighted by Crippen LogP contribution is -1.98. The molecule has 0 unspecified atom stereocenters. The molecule has 1 N–H and O–H groups in total. The van der Waals surface area contributed by atoms with Crippen molar-refractivity contribution in [2.45, 2.75) is 20.3 Å². The molecule has 0 radical (unpaired) electrons. The summed E-state index contributed by atoms with van der Waals surface area (Å²) in [6.07, 6.45) is 1.15. The first kappa shape index (κ1) is 9.46. The first-order chi connectivity index (χ1) is 6.79. The lowest BCUT2D eigenvalue weighted by atomic mass is 10.3. The third kappa shape index (κ3) is 1.87. The number of benzene rings is 1. The number of nitrogens with zero attached hydrogens (tertiary/aromatic N) is 1. The molecule has 0 fully saturated rings. The number of anilines is 1. The van der Waals surface area contributed by atoms with E-state index in [1.165, 1.54) is 10.4 Å². The third-order valence-electron chi connectivity index (χ3n) is 2.07. The van der Waals surface area contributed by atoms with Crippen molar-refractivity contribution < 1.29 is 0 Å². The molecule has 0 spiro atoms. The van der Waals surface area contributed by atoms with Crippen LogP contribution < -0.4 is 5.32 Å². The standard InChI is InChI=1S/C11H14N2S/c1-3-6-12-9-4-5-10-11(7-9)14-8(2)13-10/h4-5,7,12H,3,6H2,1-2H3. The summed E-state index contributed by atoms with van der Waals surface area (Å²) in [5.41, 5.74) is 2.30. The number of hydrogen-bond acceptors (Lipinski definition) is 3. The maximum Gasteiger partial charge on any atom is 0.0907 e. The SMILES string of the molecule is CCCNc1ccc2nc(C)sc2c1. The Bertz CT molecular complexity index is 434. The van der Waals surface area contributed by atoms with E-state index in [2.05, 4.69) is 35.4 Å². The van der Waals surface area contributed by atoms with Crippen molar-refractivity contribution in [1.82, 2.24) is 4.98 Å². The van der Waals surface area contributed by atoms with Crippen LogP contribution in [0.15, 0.2) is 18.2 Å². The molecule has 0 saturated carbocycles. The summed E-state index contributed by atoms with van der Waals surface area (Å²) in [7, 11) is 0. The number of rotatable bonds is 3. The Labute approximate surface area is 88.0 Å². The zero-order valence-corrected chi connectivity index (χ0v) is 9.32. The van der Waals surface area contributed by atoms with Gasteiger partial charge in [0.2, 0.25) is 0 Å². The maximum atomic E-state index is 4.43. The fourth-order valence-electron chi connectivity index (χ4n) is 1.42. The average Bonchev–Trinajstić information content (AvgIpc) is 2.54. The van der Waals surface area contributed by atoms with Crippen molar-refractivity contribution >= 4 is 27.2 Å². The fourth-order valence-corrected chi connectivity index (χ4v) is 2.29. The lowest BCUT2D eigenvalue weighted by Gasteiger charge is -2.03. The zero-order valence-electron chi connectivity index (χ0n) is 8.50. The van der Waals surface area contributed by atoms with E-state index >= 15 is 0 Å². The molecule has 2 nitrogen and oxygen atoms in total. The summed E-state index contributed by atoms with van der Waals surface area (Å²) in [6, 6.07) is 6.35. The minimum Gasteiger partial charge on any atom is -0.385 e. The average molecular weight is 206 g/mol. The van der Waals surface area contributed by atoms with Crippen molar-refractivity contribution in [2.24, 2.45) is 0 Å². The Hall–Kier alpha value is -1.09. The van der Waals surface area contributed by atoms with Crippen molar-refractivity contribution in [3.63, 3.8) is 0 Å². The van der Waals surface area contributed by atoms with Crippen LogP contribution in [0.25, 0.3) is 10.2 Å². The maximum absolute atomic E-state index is 4.43. The van der Waals surface area contributed by atoms with Gasteiger partial charge in [0.25, 0.3) is 0 Å². The minimum atomic E-state index is 1.03. The van der Waals surface area contributed by atoms with Crippen molar-refractivity contribution in [3.05, 3.63) is 23.2 Å². The summed E-state index contributed by atoms with van der Waals surface area (Å²) >= 11 is 1.75. The molecule has 14 heavy (non-hydrogen) atoms. The molecule has 3 heteroatoms. The Balaban J connectivity index is 2.31. The monoisotopic (exact) mass is 206 g/mol. The van der Waals surface area contributed by atoms with Crippen molar-refractivity contribution in [3.8, 4) is 0 Å². The molecule has 0 aliphatic carbocycles. The Morgan fingerprint density at radius 2 is 2.29 bits per heavy atom. The lowest BCUT2D eigenvalue weighted by molar-refractivity contribution is 0.980. The molecular weight excluding hydrogens is 192 g/mol. The van der Waals surface area contributed by atoms with Gasteiger partial charge in [0, 0.05) is 12.2 Å². The van der Waals surface area contributed by atoms with E-state index < -0.39 is 0 Å². The van der Waals surface area contributed by atoms with Crippen LogP contribution >= 0.6 is 11.3 Å². The second-order valence-electron chi connectivity index (χ2n) is 3.34. The van der Waals surface area contributed by atoms with Crippen LogP contribution in [-0.2, 0) is 0 Å². The molecule has 74 valence electrons. The van der Waals surface area contributed by atoms with Gasteiger partial charge in [-0.05, 0) is 31.5 Å². The van der Waals surface area contributed by atoms with Crippen LogP contribution in [0.2, 0.25) is 0 Å². The molecule has 2 aromatic rings. The predicted octanol–water partition coefficient (Wildman–Crippen LogP) is 3.43. The molecule has 0 atom stereocenters. The van der Waals surface area contributed by atoms with Gasteiger partial charge in [0.15, 0.2) is 0 Å². The topological polar surface area (TPSA) is 24.9 Å². The Kier molecular flexibility index (Phi) is 2.68. The zero-order chi connectivity index (χ0) is 9.97. The number of aromatic nitrogens is 1. The predicted molar refractivity (Wildman–Crippen MR) is 63.1 cm³/mol.